The highest BCUT2D eigenvalue weighted by molar-refractivity contribution is 5.47. The van der Waals surface area contributed by atoms with Crippen LogP contribution in [0.15, 0.2) is 12.1 Å². The van der Waals surface area contributed by atoms with E-state index >= 15 is 0 Å². The molecule has 2 N–H and O–H groups in total. The summed E-state index contributed by atoms with van der Waals surface area (Å²) in [5.74, 6) is 1.56. The van der Waals surface area contributed by atoms with Crippen molar-refractivity contribution in [3.05, 3.63) is 23.3 Å². The monoisotopic (exact) mass is 267 g/mol. The van der Waals surface area contributed by atoms with Gasteiger partial charge in [-0.1, -0.05) is 0 Å². The summed E-state index contributed by atoms with van der Waals surface area (Å²) in [4.78, 5) is 1.93. The van der Waals surface area contributed by atoms with Gasteiger partial charge in [0.25, 0.3) is 0 Å². The average Bonchev–Trinajstić information content (AvgIpc) is 2.41. The van der Waals surface area contributed by atoms with Crippen LogP contribution in [0, 0.1) is 6.92 Å². The smallest absolute Gasteiger partial charge is 0.161 e. The van der Waals surface area contributed by atoms with E-state index in [4.69, 9.17) is 9.47 Å². The van der Waals surface area contributed by atoms with Crippen LogP contribution in [0.5, 0.6) is 11.5 Å². The summed E-state index contributed by atoms with van der Waals surface area (Å²) in [7, 11) is 1.88. The first-order valence-corrected chi connectivity index (χ1v) is 6.46. The van der Waals surface area contributed by atoms with Crippen LogP contribution in [0.25, 0.3) is 0 Å². The number of benzene rings is 1. The fourth-order valence-electron chi connectivity index (χ4n) is 2.14. The molecule has 1 heterocycles. The van der Waals surface area contributed by atoms with E-state index in [9.17, 15) is 10.2 Å². The summed E-state index contributed by atoms with van der Waals surface area (Å²) >= 11 is 0. The van der Waals surface area contributed by atoms with E-state index in [0.717, 1.165) is 22.6 Å². The van der Waals surface area contributed by atoms with Gasteiger partial charge in [-0.25, -0.2) is 0 Å². The Morgan fingerprint density at radius 3 is 2.32 bits per heavy atom. The van der Waals surface area contributed by atoms with Crippen LogP contribution in [0.3, 0.4) is 0 Å². The lowest BCUT2D eigenvalue weighted by Gasteiger charge is -2.26. The van der Waals surface area contributed by atoms with Gasteiger partial charge in [-0.05, 0) is 37.2 Å². The van der Waals surface area contributed by atoms with Crippen molar-refractivity contribution in [2.45, 2.75) is 19.5 Å². The van der Waals surface area contributed by atoms with Gasteiger partial charge in [-0.2, -0.15) is 0 Å². The van der Waals surface area contributed by atoms with Crippen LogP contribution < -0.4 is 9.47 Å². The summed E-state index contributed by atoms with van der Waals surface area (Å²) in [6.45, 7) is 3.71. The van der Waals surface area contributed by atoms with Gasteiger partial charge in [0.05, 0.1) is 19.3 Å². The highest BCUT2D eigenvalue weighted by Crippen LogP contribution is 2.33. The Labute approximate surface area is 113 Å². The summed E-state index contributed by atoms with van der Waals surface area (Å²) in [6.07, 6.45) is 0. The minimum atomic E-state index is -0.243. The molecular weight excluding hydrogens is 246 g/mol. The molecule has 1 aromatic rings. The molecule has 1 aromatic carbocycles. The van der Waals surface area contributed by atoms with Gasteiger partial charge in [0.1, 0.15) is 13.2 Å². The molecule has 0 unspecified atom stereocenters. The number of likely N-dealkylation sites (N-methyl/N-ethyl adjacent to an activating group) is 1. The number of hydrogen-bond acceptors (Lipinski definition) is 5. The molecule has 0 bridgehead atoms. The Kier molecular flexibility index (Phi) is 4.63. The number of ether oxygens (including phenoxy) is 2. The van der Waals surface area contributed by atoms with Gasteiger partial charge < -0.3 is 19.7 Å². The average molecular weight is 267 g/mol. The van der Waals surface area contributed by atoms with Crippen LogP contribution in [0.4, 0.5) is 0 Å². The molecular formula is C14H21NO4. The third kappa shape index (κ3) is 3.18. The largest absolute Gasteiger partial charge is 0.486 e. The number of aryl methyl sites for hydroxylation is 1. The Hall–Kier alpha value is -1.30. The van der Waals surface area contributed by atoms with Gasteiger partial charge in [-0.15, -0.1) is 0 Å². The SMILES string of the molecule is Cc1cc2c(cc1CN(C)C(CO)CO)OCCO2. The maximum absolute atomic E-state index is 9.19. The van der Waals surface area contributed by atoms with Crippen LogP contribution in [-0.4, -0.2) is 54.6 Å². The van der Waals surface area contributed by atoms with Crippen LogP contribution in [0.2, 0.25) is 0 Å². The molecule has 0 atom stereocenters. The zero-order valence-corrected chi connectivity index (χ0v) is 11.4. The molecule has 5 nitrogen and oxygen atoms in total. The summed E-state index contributed by atoms with van der Waals surface area (Å²) in [5.41, 5.74) is 2.23. The maximum atomic E-state index is 9.19. The molecule has 0 saturated carbocycles. The normalized spacial score (nSPS) is 14.2. The van der Waals surface area contributed by atoms with E-state index in [0.29, 0.717) is 19.8 Å². The van der Waals surface area contributed by atoms with Crippen molar-refractivity contribution in [3.63, 3.8) is 0 Å². The van der Waals surface area contributed by atoms with Gasteiger partial charge in [-0.3, -0.25) is 4.90 Å². The van der Waals surface area contributed by atoms with Crippen molar-refractivity contribution in [1.29, 1.82) is 0 Å². The van der Waals surface area contributed by atoms with E-state index in [2.05, 4.69) is 0 Å². The number of aliphatic hydroxyl groups is 2. The summed E-state index contributed by atoms with van der Waals surface area (Å²) in [6, 6.07) is 3.71. The summed E-state index contributed by atoms with van der Waals surface area (Å²) < 4.78 is 11.1. The highest BCUT2D eigenvalue weighted by Gasteiger charge is 2.17. The summed E-state index contributed by atoms with van der Waals surface area (Å²) in [5, 5.41) is 18.4. The van der Waals surface area contributed by atoms with Crippen molar-refractivity contribution in [1.82, 2.24) is 4.90 Å². The molecule has 0 amide bonds. The van der Waals surface area contributed by atoms with Crippen molar-refractivity contribution in [2.75, 3.05) is 33.5 Å². The Morgan fingerprint density at radius 1 is 1.16 bits per heavy atom. The topological polar surface area (TPSA) is 62.2 Å². The van der Waals surface area contributed by atoms with Gasteiger partial charge in [0.2, 0.25) is 0 Å². The first-order valence-electron chi connectivity index (χ1n) is 6.46. The lowest BCUT2D eigenvalue weighted by Crippen LogP contribution is -2.37. The number of aliphatic hydroxyl groups excluding tert-OH is 2. The first kappa shape index (κ1) is 14.1. The van der Waals surface area contributed by atoms with Crippen molar-refractivity contribution < 1.29 is 19.7 Å². The van der Waals surface area contributed by atoms with Crippen molar-refractivity contribution in [2.24, 2.45) is 0 Å². The number of nitrogens with zero attached hydrogens (tertiary/aromatic N) is 1. The quantitative estimate of drug-likeness (QED) is 0.816. The lowest BCUT2D eigenvalue weighted by molar-refractivity contribution is 0.0871. The molecule has 1 aliphatic heterocycles. The predicted molar refractivity (Wildman–Crippen MR) is 71.6 cm³/mol. The third-order valence-electron chi connectivity index (χ3n) is 3.47. The van der Waals surface area contributed by atoms with E-state index in [1.165, 1.54) is 0 Å². The molecule has 0 aromatic heterocycles. The Bertz CT molecular complexity index is 432. The van der Waals surface area contributed by atoms with E-state index in [1.807, 2.05) is 31.0 Å². The second-order valence-corrected chi connectivity index (χ2v) is 4.86. The zero-order chi connectivity index (χ0) is 13.8. The van der Waals surface area contributed by atoms with Crippen LogP contribution in [0.1, 0.15) is 11.1 Å². The molecule has 106 valence electrons. The zero-order valence-electron chi connectivity index (χ0n) is 11.4. The van der Waals surface area contributed by atoms with Crippen LogP contribution >= 0.6 is 0 Å². The Balaban J connectivity index is 2.16. The molecule has 1 aliphatic rings. The van der Waals surface area contributed by atoms with E-state index < -0.39 is 0 Å². The highest BCUT2D eigenvalue weighted by atomic mass is 16.6. The van der Waals surface area contributed by atoms with Gasteiger partial charge in [0, 0.05) is 6.54 Å². The molecule has 0 fully saturated rings. The number of fused-ring (bicyclic) bond motifs is 1. The standard InChI is InChI=1S/C14H21NO4/c1-10-5-13-14(19-4-3-18-13)6-11(10)7-15(2)12(8-16)9-17/h5-6,12,16-17H,3-4,7-9H2,1-2H3. The van der Waals surface area contributed by atoms with Crippen LogP contribution in [-0.2, 0) is 6.54 Å². The van der Waals surface area contributed by atoms with E-state index in [1.54, 1.807) is 0 Å². The third-order valence-corrected chi connectivity index (χ3v) is 3.47. The minimum Gasteiger partial charge on any atom is -0.486 e. The molecule has 2 rings (SSSR count). The molecule has 19 heavy (non-hydrogen) atoms. The first-order chi connectivity index (χ1) is 9.15. The van der Waals surface area contributed by atoms with Gasteiger partial charge in [0.15, 0.2) is 11.5 Å². The van der Waals surface area contributed by atoms with E-state index in [-0.39, 0.29) is 19.3 Å². The molecule has 5 heteroatoms. The van der Waals surface area contributed by atoms with Gasteiger partial charge >= 0.3 is 0 Å². The Morgan fingerprint density at radius 2 is 1.74 bits per heavy atom. The number of hydrogen-bond donors (Lipinski definition) is 2. The van der Waals surface area contributed by atoms with Crippen molar-refractivity contribution in [3.8, 4) is 11.5 Å². The second kappa shape index (κ2) is 6.23. The second-order valence-electron chi connectivity index (χ2n) is 4.86. The predicted octanol–water partition coefficient (Wildman–Crippen LogP) is 0.551. The lowest BCUT2D eigenvalue weighted by atomic mass is 10.1. The minimum absolute atomic E-state index is 0.0589. The molecule has 0 radical (unpaired) electrons. The number of rotatable bonds is 5. The van der Waals surface area contributed by atoms with Crippen molar-refractivity contribution >= 4 is 0 Å². The molecule has 0 spiro atoms. The fraction of sp³-hybridized carbons (Fsp3) is 0.571. The maximum Gasteiger partial charge on any atom is 0.161 e. The fourth-order valence-corrected chi connectivity index (χ4v) is 2.14. The molecule has 0 aliphatic carbocycles. The molecule has 0 saturated heterocycles.